The Morgan fingerprint density at radius 2 is 1.62 bits per heavy atom. The van der Waals surface area contributed by atoms with Crippen LogP contribution in [0, 0.1) is 13.8 Å². The number of hydrogen-bond acceptors (Lipinski definition) is 5. The Kier molecular flexibility index (Phi) is 3.23. The van der Waals surface area contributed by atoms with Gasteiger partial charge in [0, 0.05) is 5.56 Å². The zero-order valence-electron chi connectivity index (χ0n) is 13.8. The molecule has 4 rings (SSSR count). The van der Waals surface area contributed by atoms with E-state index in [1.807, 2.05) is 37.3 Å². The molecule has 0 saturated heterocycles. The average Bonchev–Trinajstić information content (AvgIpc) is 2.90. The highest BCUT2D eigenvalue weighted by atomic mass is 16.5. The van der Waals surface area contributed by atoms with E-state index in [-0.39, 0.29) is 5.78 Å². The van der Waals surface area contributed by atoms with Crippen molar-refractivity contribution < 1.29 is 14.3 Å². The number of fused-ring (bicyclic) bond motifs is 1. The Bertz CT molecular complexity index is 869. The van der Waals surface area contributed by atoms with Crippen LogP contribution in [0.4, 0.5) is 11.4 Å². The van der Waals surface area contributed by atoms with Gasteiger partial charge in [0.15, 0.2) is 6.10 Å². The SMILES string of the molecule is COc1ccc([C@@H]2OC3=C(Nc4cc(C)c(C)cc4N3)C2=O)cc1. The normalized spacial score (nSPS) is 18.3. The third-order valence-corrected chi connectivity index (χ3v) is 4.51. The van der Waals surface area contributed by atoms with Crippen molar-refractivity contribution in [3.63, 3.8) is 0 Å². The number of ketones is 1. The van der Waals surface area contributed by atoms with Gasteiger partial charge < -0.3 is 20.1 Å². The van der Waals surface area contributed by atoms with Crippen molar-refractivity contribution in [3.05, 3.63) is 64.7 Å². The lowest BCUT2D eigenvalue weighted by Gasteiger charge is -2.21. The van der Waals surface area contributed by atoms with Gasteiger partial charge in [0.2, 0.25) is 11.7 Å². The molecule has 0 bridgehead atoms. The zero-order chi connectivity index (χ0) is 16.8. The Morgan fingerprint density at radius 1 is 1.00 bits per heavy atom. The van der Waals surface area contributed by atoms with Crippen molar-refractivity contribution in [1.82, 2.24) is 0 Å². The summed E-state index contributed by atoms with van der Waals surface area (Å²) in [7, 11) is 1.61. The maximum absolute atomic E-state index is 12.7. The van der Waals surface area contributed by atoms with Crippen LogP contribution in [0.15, 0.2) is 48.0 Å². The molecule has 5 nitrogen and oxygen atoms in total. The number of rotatable bonds is 2. The molecule has 2 aliphatic heterocycles. The second kappa shape index (κ2) is 5.30. The Labute approximate surface area is 140 Å². The van der Waals surface area contributed by atoms with Crippen LogP contribution in [0.2, 0.25) is 0 Å². The third-order valence-electron chi connectivity index (χ3n) is 4.51. The molecular formula is C19H18N2O3. The maximum atomic E-state index is 12.7. The molecule has 0 radical (unpaired) electrons. The second-order valence-corrected chi connectivity index (χ2v) is 6.07. The highest BCUT2D eigenvalue weighted by Gasteiger charge is 2.39. The molecule has 1 atom stereocenters. The smallest absolute Gasteiger partial charge is 0.229 e. The van der Waals surface area contributed by atoms with Crippen molar-refractivity contribution in [2.45, 2.75) is 20.0 Å². The van der Waals surface area contributed by atoms with E-state index in [0.29, 0.717) is 11.6 Å². The van der Waals surface area contributed by atoms with Crippen molar-refractivity contribution in [2.75, 3.05) is 17.7 Å². The number of carbonyl (C=O) groups excluding carboxylic acids is 1. The number of Topliss-reactive ketones (excluding diaryl/α,β-unsaturated/α-hetero) is 1. The number of hydrogen-bond donors (Lipinski definition) is 2. The molecule has 122 valence electrons. The lowest BCUT2D eigenvalue weighted by Crippen LogP contribution is -2.18. The van der Waals surface area contributed by atoms with Crippen LogP contribution >= 0.6 is 0 Å². The Balaban J connectivity index is 1.63. The summed E-state index contributed by atoms with van der Waals surface area (Å²) >= 11 is 0. The molecule has 24 heavy (non-hydrogen) atoms. The lowest BCUT2D eigenvalue weighted by molar-refractivity contribution is -0.121. The van der Waals surface area contributed by atoms with Gasteiger partial charge in [0.1, 0.15) is 11.4 Å². The fraction of sp³-hybridized carbons (Fsp3) is 0.211. The van der Waals surface area contributed by atoms with Crippen molar-refractivity contribution >= 4 is 17.2 Å². The van der Waals surface area contributed by atoms with E-state index in [1.54, 1.807) is 7.11 Å². The first-order chi connectivity index (χ1) is 11.6. The predicted molar refractivity (Wildman–Crippen MR) is 92.0 cm³/mol. The quantitative estimate of drug-likeness (QED) is 0.883. The number of ether oxygens (including phenoxy) is 2. The Hall–Kier alpha value is -2.95. The van der Waals surface area contributed by atoms with Crippen LogP contribution < -0.4 is 15.4 Å². The summed E-state index contributed by atoms with van der Waals surface area (Å²) in [6.45, 7) is 4.11. The molecule has 0 saturated carbocycles. The summed E-state index contributed by atoms with van der Waals surface area (Å²) in [6, 6.07) is 11.4. The van der Waals surface area contributed by atoms with E-state index in [9.17, 15) is 4.79 Å². The van der Waals surface area contributed by atoms with E-state index in [0.717, 1.165) is 22.7 Å². The van der Waals surface area contributed by atoms with Gasteiger partial charge in [-0.1, -0.05) is 12.1 Å². The molecule has 2 heterocycles. The van der Waals surface area contributed by atoms with Crippen LogP contribution in [-0.4, -0.2) is 12.9 Å². The van der Waals surface area contributed by atoms with Crippen LogP contribution in [0.5, 0.6) is 5.75 Å². The molecule has 2 aromatic rings. The summed E-state index contributed by atoms with van der Waals surface area (Å²) in [5.41, 5.74) is 5.44. The molecule has 5 heteroatoms. The van der Waals surface area contributed by atoms with E-state index in [2.05, 4.69) is 23.6 Å². The molecule has 2 aliphatic rings. The van der Waals surface area contributed by atoms with E-state index in [4.69, 9.17) is 9.47 Å². The third kappa shape index (κ3) is 2.21. The number of methoxy groups -OCH3 is 1. The molecule has 2 aromatic carbocycles. The monoisotopic (exact) mass is 322 g/mol. The highest BCUT2D eigenvalue weighted by molar-refractivity contribution is 6.06. The summed E-state index contributed by atoms with van der Waals surface area (Å²) in [4.78, 5) is 12.7. The minimum atomic E-state index is -0.641. The fourth-order valence-electron chi connectivity index (χ4n) is 2.96. The number of carbonyl (C=O) groups is 1. The maximum Gasteiger partial charge on any atom is 0.229 e. The number of benzene rings is 2. The van der Waals surface area contributed by atoms with Crippen LogP contribution in [-0.2, 0) is 9.53 Å². The first-order valence-electron chi connectivity index (χ1n) is 7.81. The summed E-state index contributed by atoms with van der Waals surface area (Å²) in [5.74, 6) is 1.15. The molecule has 0 aliphatic carbocycles. The second-order valence-electron chi connectivity index (χ2n) is 6.07. The topological polar surface area (TPSA) is 59.6 Å². The van der Waals surface area contributed by atoms with Gasteiger partial charge in [-0.15, -0.1) is 0 Å². The lowest BCUT2D eigenvalue weighted by atomic mass is 10.0. The summed E-state index contributed by atoms with van der Waals surface area (Å²) in [6.07, 6.45) is -0.641. The predicted octanol–water partition coefficient (Wildman–Crippen LogP) is 3.66. The van der Waals surface area contributed by atoms with Crippen LogP contribution in [0.3, 0.4) is 0 Å². The average molecular weight is 322 g/mol. The molecular weight excluding hydrogens is 304 g/mol. The minimum absolute atomic E-state index is 0.0773. The van der Waals surface area contributed by atoms with Crippen molar-refractivity contribution in [2.24, 2.45) is 0 Å². The number of nitrogens with one attached hydrogen (secondary N) is 2. The van der Waals surface area contributed by atoms with Crippen LogP contribution in [0.1, 0.15) is 22.8 Å². The van der Waals surface area contributed by atoms with Crippen LogP contribution in [0.25, 0.3) is 0 Å². The highest BCUT2D eigenvalue weighted by Crippen LogP contribution is 2.40. The van der Waals surface area contributed by atoms with Crippen molar-refractivity contribution in [3.8, 4) is 5.75 Å². The fourth-order valence-corrected chi connectivity index (χ4v) is 2.96. The van der Waals surface area contributed by atoms with E-state index in [1.165, 1.54) is 11.1 Å². The molecule has 2 N–H and O–H groups in total. The first kappa shape index (κ1) is 14.6. The van der Waals surface area contributed by atoms with Gasteiger partial charge in [-0.05, 0) is 49.2 Å². The van der Waals surface area contributed by atoms with Gasteiger partial charge in [-0.25, -0.2) is 0 Å². The van der Waals surface area contributed by atoms with Crippen molar-refractivity contribution in [1.29, 1.82) is 0 Å². The molecule has 0 amide bonds. The number of anilines is 2. The summed E-state index contributed by atoms with van der Waals surface area (Å²) < 4.78 is 11.0. The van der Waals surface area contributed by atoms with E-state index >= 15 is 0 Å². The summed E-state index contributed by atoms with van der Waals surface area (Å²) in [5, 5.41) is 6.45. The standard InChI is InChI=1S/C19H18N2O3/c1-10-8-14-15(9-11(10)2)21-19-16(20-14)17(22)18(24-19)12-4-6-13(23-3)7-5-12/h4-9,18,20-21H,1-3H3/t18-/m0/s1. The van der Waals surface area contributed by atoms with Gasteiger partial charge in [0.05, 0.1) is 18.5 Å². The van der Waals surface area contributed by atoms with Gasteiger partial charge in [-0.3, -0.25) is 4.79 Å². The largest absolute Gasteiger partial charge is 0.497 e. The van der Waals surface area contributed by atoms with Gasteiger partial charge in [-0.2, -0.15) is 0 Å². The molecule has 0 spiro atoms. The van der Waals surface area contributed by atoms with E-state index < -0.39 is 6.10 Å². The molecule has 0 fully saturated rings. The Morgan fingerprint density at radius 3 is 2.25 bits per heavy atom. The van der Waals surface area contributed by atoms with Gasteiger partial charge >= 0.3 is 0 Å². The zero-order valence-corrected chi connectivity index (χ0v) is 13.8. The molecule has 0 aromatic heterocycles. The number of aryl methyl sites for hydroxylation is 2. The minimum Gasteiger partial charge on any atom is -0.497 e. The molecule has 0 unspecified atom stereocenters. The van der Waals surface area contributed by atoms with Gasteiger partial charge in [0.25, 0.3) is 0 Å². The first-order valence-corrected chi connectivity index (χ1v) is 7.81.